The molecular formula is C13H19NO. The molecule has 0 saturated carbocycles. The average molecular weight is 205 g/mol. The van der Waals surface area contributed by atoms with Crippen LogP contribution in [0.15, 0.2) is 0 Å². The first-order valence-electron chi connectivity index (χ1n) is 5.83. The van der Waals surface area contributed by atoms with E-state index in [2.05, 4.69) is 25.8 Å². The van der Waals surface area contributed by atoms with Crippen molar-refractivity contribution >= 4 is 5.78 Å². The van der Waals surface area contributed by atoms with Gasteiger partial charge in [0.15, 0.2) is 5.78 Å². The maximum absolute atomic E-state index is 11.8. The standard InChI is InChI=1S/C13H19NO/c1-8(2)7-11-9(3)13-10(14-11)5-4-6-12(13)15/h8,14H,4-7H2,1-3H3. The Morgan fingerprint density at radius 2 is 2.07 bits per heavy atom. The topological polar surface area (TPSA) is 32.9 Å². The van der Waals surface area contributed by atoms with E-state index in [1.165, 1.54) is 17.0 Å². The van der Waals surface area contributed by atoms with Crippen LogP contribution >= 0.6 is 0 Å². The van der Waals surface area contributed by atoms with Crippen molar-refractivity contribution in [2.45, 2.75) is 46.5 Å². The summed E-state index contributed by atoms with van der Waals surface area (Å²) in [7, 11) is 0. The van der Waals surface area contributed by atoms with Crippen LogP contribution in [0, 0.1) is 12.8 Å². The molecule has 0 radical (unpaired) electrons. The lowest BCUT2D eigenvalue weighted by Gasteiger charge is -2.09. The Kier molecular flexibility index (Phi) is 2.68. The summed E-state index contributed by atoms with van der Waals surface area (Å²) < 4.78 is 0. The van der Waals surface area contributed by atoms with E-state index in [-0.39, 0.29) is 0 Å². The number of carbonyl (C=O) groups is 1. The molecule has 1 aromatic rings. The van der Waals surface area contributed by atoms with Crippen LogP contribution in [0.4, 0.5) is 0 Å². The van der Waals surface area contributed by atoms with E-state index in [1.54, 1.807) is 0 Å². The third kappa shape index (κ3) is 1.85. The van der Waals surface area contributed by atoms with E-state index >= 15 is 0 Å². The highest BCUT2D eigenvalue weighted by Crippen LogP contribution is 2.27. The lowest BCUT2D eigenvalue weighted by Crippen LogP contribution is -2.09. The third-order valence-electron chi connectivity index (χ3n) is 3.15. The molecule has 1 heterocycles. The van der Waals surface area contributed by atoms with Gasteiger partial charge >= 0.3 is 0 Å². The average Bonchev–Trinajstić information content (AvgIpc) is 2.44. The van der Waals surface area contributed by atoms with Crippen molar-refractivity contribution in [1.82, 2.24) is 4.98 Å². The molecule has 0 amide bonds. The van der Waals surface area contributed by atoms with Gasteiger partial charge in [-0.25, -0.2) is 0 Å². The lowest BCUT2D eigenvalue weighted by molar-refractivity contribution is 0.0972. The normalized spacial score (nSPS) is 15.9. The molecule has 0 unspecified atom stereocenters. The summed E-state index contributed by atoms with van der Waals surface area (Å²) >= 11 is 0. The van der Waals surface area contributed by atoms with Crippen LogP contribution in [-0.2, 0) is 12.8 Å². The van der Waals surface area contributed by atoms with Crippen molar-refractivity contribution in [3.63, 3.8) is 0 Å². The Labute approximate surface area is 91.1 Å². The first-order chi connectivity index (χ1) is 7.09. The van der Waals surface area contributed by atoms with E-state index in [0.29, 0.717) is 11.7 Å². The number of fused-ring (bicyclic) bond motifs is 1. The van der Waals surface area contributed by atoms with Gasteiger partial charge in [-0.05, 0) is 37.7 Å². The summed E-state index contributed by atoms with van der Waals surface area (Å²) in [5, 5.41) is 0. The van der Waals surface area contributed by atoms with E-state index in [4.69, 9.17) is 0 Å². The minimum absolute atomic E-state index is 0.333. The van der Waals surface area contributed by atoms with Crippen molar-refractivity contribution in [1.29, 1.82) is 0 Å². The van der Waals surface area contributed by atoms with Gasteiger partial charge in [-0.15, -0.1) is 0 Å². The number of aromatic nitrogens is 1. The van der Waals surface area contributed by atoms with Gasteiger partial charge in [-0.3, -0.25) is 4.79 Å². The molecule has 2 heteroatoms. The number of aryl methyl sites for hydroxylation is 1. The molecule has 1 aliphatic carbocycles. The van der Waals surface area contributed by atoms with Gasteiger partial charge in [-0.2, -0.15) is 0 Å². The molecule has 1 aliphatic rings. The highest BCUT2D eigenvalue weighted by atomic mass is 16.1. The fraction of sp³-hybridized carbons (Fsp3) is 0.615. The van der Waals surface area contributed by atoms with Crippen molar-refractivity contribution < 1.29 is 4.79 Å². The maximum atomic E-state index is 11.8. The third-order valence-corrected chi connectivity index (χ3v) is 3.15. The monoisotopic (exact) mass is 205 g/mol. The molecule has 2 nitrogen and oxygen atoms in total. The fourth-order valence-electron chi connectivity index (χ4n) is 2.44. The molecule has 15 heavy (non-hydrogen) atoms. The molecule has 0 atom stereocenters. The second kappa shape index (κ2) is 3.84. The maximum Gasteiger partial charge on any atom is 0.164 e. The minimum atomic E-state index is 0.333. The summed E-state index contributed by atoms with van der Waals surface area (Å²) in [6, 6.07) is 0. The number of nitrogens with one attached hydrogen (secondary N) is 1. The number of hydrogen-bond acceptors (Lipinski definition) is 1. The highest BCUT2D eigenvalue weighted by Gasteiger charge is 2.23. The van der Waals surface area contributed by atoms with E-state index in [9.17, 15) is 4.79 Å². The second-order valence-corrected chi connectivity index (χ2v) is 4.96. The molecule has 0 saturated heterocycles. The van der Waals surface area contributed by atoms with E-state index < -0.39 is 0 Å². The number of H-pyrrole nitrogens is 1. The van der Waals surface area contributed by atoms with Crippen LogP contribution in [0.3, 0.4) is 0 Å². The summed E-state index contributed by atoms with van der Waals surface area (Å²) in [5.41, 5.74) is 4.64. The number of Topliss-reactive ketones (excluding diaryl/α,β-unsaturated/α-hetero) is 1. The van der Waals surface area contributed by atoms with Gasteiger partial charge in [0.05, 0.1) is 0 Å². The Balaban J connectivity index is 2.39. The number of rotatable bonds is 2. The van der Waals surface area contributed by atoms with Crippen LogP contribution in [0.2, 0.25) is 0 Å². The molecule has 0 spiro atoms. The van der Waals surface area contributed by atoms with Gasteiger partial charge in [0.1, 0.15) is 0 Å². The Morgan fingerprint density at radius 1 is 1.33 bits per heavy atom. The van der Waals surface area contributed by atoms with Gasteiger partial charge in [-0.1, -0.05) is 13.8 Å². The number of carbonyl (C=O) groups excluding carboxylic acids is 1. The van der Waals surface area contributed by atoms with Crippen molar-refractivity contribution in [2.75, 3.05) is 0 Å². The van der Waals surface area contributed by atoms with Crippen LogP contribution in [-0.4, -0.2) is 10.8 Å². The lowest BCUT2D eigenvalue weighted by atomic mass is 9.93. The largest absolute Gasteiger partial charge is 0.361 e. The fourth-order valence-corrected chi connectivity index (χ4v) is 2.44. The second-order valence-electron chi connectivity index (χ2n) is 4.96. The number of aromatic amines is 1. The first kappa shape index (κ1) is 10.5. The predicted octanol–water partition coefficient (Wildman–Crippen LogP) is 3.04. The summed E-state index contributed by atoms with van der Waals surface area (Å²) in [6.07, 6.45) is 3.83. The Hall–Kier alpha value is -1.05. The van der Waals surface area contributed by atoms with Gasteiger partial charge < -0.3 is 4.98 Å². The Bertz CT molecular complexity index is 387. The van der Waals surface area contributed by atoms with Crippen LogP contribution in [0.5, 0.6) is 0 Å². The summed E-state index contributed by atoms with van der Waals surface area (Å²) in [5.74, 6) is 0.971. The smallest absolute Gasteiger partial charge is 0.164 e. The van der Waals surface area contributed by atoms with Crippen molar-refractivity contribution in [3.8, 4) is 0 Å². The summed E-state index contributed by atoms with van der Waals surface area (Å²) in [6.45, 7) is 6.50. The minimum Gasteiger partial charge on any atom is -0.361 e. The van der Waals surface area contributed by atoms with Crippen LogP contribution < -0.4 is 0 Å². The van der Waals surface area contributed by atoms with Gasteiger partial charge in [0.25, 0.3) is 0 Å². The molecule has 0 aromatic carbocycles. The molecule has 1 aromatic heterocycles. The number of hydrogen-bond donors (Lipinski definition) is 1. The van der Waals surface area contributed by atoms with Crippen LogP contribution in [0.25, 0.3) is 0 Å². The molecular weight excluding hydrogens is 186 g/mol. The first-order valence-corrected chi connectivity index (χ1v) is 5.83. The zero-order valence-corrected chi connectivity index (χ0v) is 9.81. The zero-order valence-electron chi connectivity index (χ0n) is 9.81. The van der Waals surface area contributed by atoms with Crippen LogP contribution in [0.1, 0.15) is 54.0 Å². The SMILES string of the molecule is Cc1c(CC(C)C)[nH]c2c1C(=O)CCC2. The molecule has 0 aliphatic heterocycles. The number of ketones is 1. The zero-order chi connectivity index (χ0) is 11.0. The van der Waals surface area contributed by atoms with Gasteiger partial charge in [0, 0.05) is 23.4 Å². The molecule has 82 valence electrons. The highest BCUT2D eigenvalue weighted by molar-refractivity contribution is 5.99. The Morgan fingerprint density at radius 3 is 2.67 bits per heavy atom. The molecule has 0 fully saturated rings. The van der Waals surface area contributed by atoms with E-state index in [0.717, 1.165) is 31.2 Å². The molecule has 1 N–H and O–H groups in total. The molecule has 2 rings (SSSR count). The quantitative estimate of drug-likeness (QED) is 0.791. The van der Waals surface area contributed by atoms with Crippen molar-refractivity contribution in [3.05, 3.63) is 22.5 Å². The van der Waals surface area contributed by atoms with Gasteiger partial charge in [0.2, 0.25) is 0 Å². The predicted molar refractivity (Wildman–Crippen MR) is 61.3 cm³/mol. The van der Waals surface area contributed by atoms with Crippen molar-refractivity contribution in [2.24, 2.45) is 5.92 Å². The summed E-state index contributed by atoms with van der Waals surface area (Å²) in [4.78, 5) is 15.2. The van der Waals surface area contributed by atoms with E-state index in [1.807, 2.05) is 0 Å². The molecule has 0 bridgehead atoms.